The molecule has 0 aliphatic heterocycles. The van der Waals surface area contributed by atoms with Crippen molar-refractivity contribution in [1.29, 1.82) is 0 Å². The summed E-state index contributed by atoms with van der Waals surface area (Å²) in [6.07, 6.45) is 4.33. The van der Waals surface area contributed by atoms with E-state index < -0.39 is 12.1 Å². The Bertz CT molecular complexity index is 843. The van der Waals surface area contributed by atoms with Gasteiger partial charge in [0.15, 0.2) is 0 Å². The first kappa shape index (κ1) is 22.7. The molecule has 0 spiro atoms. The molecule has 1 aliphatic rings. The van der Waals surface area contributed by atoms with Crippen LogP contribution in [0.3, 0.4) is 0 Å². The molecule has 0 bridgehead atoms. The average Bonchev–Trinajstić information content (AvgIpc) is 2.76. The fourth-order valence-electron chi connectivity index (χ4n) is 4.03. The number of hydrogen-bond donors (Lipinski definition) is 1. The maximum absolute atomic E-state index is 13.3. The number of nitrogens with zero attached hydrogens (tertiary/aromatic N) is 1. The van der Waals surface area contributed by atoms with Crippen LogP contribution in [0, 0.1) is 17.7 Å². The fraction of sp³-hybridized carbons (Fsp3) is 0.417. The molecule has 1 amide bonds. The second-order valence-electron chi connectivity index (χ2n) is 7.86. The Balaban J connectivity index is 1.54. The van der Waals surface area contributed by atoms with E-state index in [-0.39, 0.29) is 19.0 Å². The summed E-state index contributed by atoms with van der Waals surface area (Å²) in [6.45, 7) is 0.475. The SMILES string of the molecule is O=C(O)COC[C@@H]1CCCC(CCOC(=O)N(c2ccccc2)c2ccc(F)cc2)C1. The summed E-state index contributed by atoms with van der Waals surface area (Å²) >= 11 is 0. The standard InChI is InChI=1S/C24H28FNO5/c25-20-9-11-22(12-10-20)26(21-7-2-1-3-8-21)24(29)31-14-13-18-5-4-6-19(15-18)16-30-17-23(27)28/h1-3,7-12,18-19H,4-6,13-17H2,(H,27,28)/t18?,19-/m1/s1. The first-order valence-corrected chi connectivity index (χ1v) is 10.6. The van der Waals surface area contributed by atoms with Gasteiger partial charge in [0.05, 0.1) is 24.6 Å². The highest BCUT2D eigenvalue weighted by Gasteiger charge is 2.24. The van der Waals surface area contributed by atoms with E-state index in [0.717, 1.165) is 32.1 Å². The van der Waals surface area contributed by atoms with Crippen molar-refractivity contribution in [3.8, 4) is 0 Å². The summed E-state index contributed by atoms with van der Waals surface area (Å²) in [6, 6.07) is 14.8. The van der Waals surface area contributed by atoms with Crippen molar-refractivity contribution in [1.82, 2.24) is 0 Å². The zero-order valence-electron chi connectivity index (χ0n) is 17.4. The number of anilines is 2. The van der Waals surface area contributed by atoms with Gasteiger partial charge in [0.25, 0.3) is 0 Å². The van der Waals surface area contributed by atoms with E-state index in [1.165, 1.54) is 17.0 Å². The number of carbonyl (C=O) groups is 2. The zero-order chi connectivity index (χ0) is 22.1. The van der Waals surface area contributed by atoms with Crippen molar-refractivity contribution in [2.24, 2.45) is 11.8 Å². The van der Waals surface area contributed by atoms with Crippen molar-refractivity contribution in [2.75, 3.05) is 24.7 Å². The lowest BCUT2D eigenvalue weighted by atomic mass is 9.80. The summed E-state index contributed by atoms with van der Waals surface area (Å²) in [5, 5.41) is 8.69. The summed E-state index contributed by atoms with van der Waals surface area (Å²) in [5.41, 5.74) is 1.18. The Labute approximate surface area is 181 Å². The quantitative estimate of drug-likeness (QED) is 0.578. The number of benzene rings is 2. The van der Waals surface area contributed by atoms with Crippen LogP contribution in [0.5, 0.6) is 0 Å². The molecule has 1 aliphatic carbocycles. The van der Waals surface area contributed by atoms with E-state index >= 15 is 0 Å². The maximum atomic E-state index is 13.3. The van der Waals surface area contributed by atoms with Crippen LogP contribution in [-0.2, 0) is 14.3 Å². The molecule has 2 aromatic carbocycles. The lowest BCUT2D eigenvalue weighted by Crippen LogP contribution is -2.28. The van der Waals surface area contributed by atoms with E-state index in [0.29, 0.717) is 29.8 Å². The number of rotatable bonds is 9. The number of halogens is 1. The number of carboxylic acids is 1. The third-order valence-electron chi connectivity index (χ3n) is 5.50. The first-order chi connectivity index (χ1) is 15.0. The van der Waals surface area contributed by atoms with Crippen LogP contribution >= 0.6 is 0 Å². The van der Waals surface area contributed by atoms with Crippen LogP contribution in [0.25, 0.3) is 0 Å². The minimum Gasteiger partial charge on any atom is -0.480 e. The van der Waals surface area contributed by atoms with E-state index in [1.54, 1.807) is 24.3 Å². The Hall–Kier alpha value is -2.93. The molecule has 0 saturated heterocycles. The van der Waals surface area contributed by atoms with Crippen LogP contribution < -0.4 is 4.90 Å². The fourth-order valence-corrected chi connectivity index (χ4v) is 4.03. The zero-order valence-corrected chi connectivity index (χ0v) is 17.4. The lowest BCUT2D eigenvalue weighted by molar-refractivity contribution is -0.142. The third-order valence-corrected chi connectivity index (χ3v) is 5.50. The van der Waals surface area contributed by atoms with Gasteiger partial charge >= 0.3 is 12.1 Å². The van der Waals surface area contributed by atoms with Crippen LogP contribution in [0.1, 0.15) is 32.1 Å². The molecule has 31 heavy (non-hydrogen) atoms. The molecule has 0 radical (unpaired) electrons. The van der Waals surface area contributed by atoms with Crippen molar-refractivity contribution in [2.45, 2.75) is 32.1 Å². The van der Waals surface area contributed by atoms with Crippen LogP contribution in [0.4, 0.5) is 20.6 Å². The predicted molar refractivity (Wildman–Crippen MR) is 115 cm³/mol. The van der Waals surface area contributed by atoms with E-state index in [2.05, 4.69) is 0 Å². The number of para-hydroxylation sites is 1. The van der Waals surface area contributed by atoms with Crippen molar-refractivity contribution >= 4 is 23.4 Å². The Kier molecular flexibility index (Phi) is 8.41. The molecular weight excluding hydrogens is 401 g/mol. The van der Waals surface area contributed by atoms with Crippen LogP contribution in [0.15, 0.2) is 54.6 Å². The molecule has 0 heterocycles. The Morgan fingerprint density at radius 2 is 1.68 bits per heavy atom. The minimum absolute atomic E-state index is 0.266. The smallest absolute Gasteiger partial charge is 0.418 e. The van der Waals surface area contributed by atoms with Gasteiger partial charge in [-0.25, -0.2) is 18.9 Å². The topological polar surface area (TPSA) is 76.1 Å². The molecule has 2 atom stereocenters. The number of carboxylic acid groups (broad SMARTS) is 1. The number of ether oxygens (including phenoxy) is 2. The number of hydrogen-bond acceptors (Lipinski definition) is 4. The number of aliphatic carboxylic acids is 1. The van der Waals surface area contributed by atoms with Gasteiger partial charge in [-0.1, -0.05) is 31.0 Å². The molecule has 1 fully saturated rings. The second-order valence-corrected chi connectivity index (χ2v) is 7.86. The average molecular weight is 429 g/mol. The third kappa shape index (κ3) is 7.07. The van der Waals surface area contributed by atoms with E-state index in [9.17, 15) is 14.0 Å². The van der Waals surface area contributed by atoms with Gasteiger partial charge in [-0.15, -0.1) is 0 Å². The summed E-state index contributed by atoms with van der Waals surface area (Å²) in [7, 11) is 0. The summed E-state index contributed by atoms with van der Waals surface area (Å²) in [5.74, 6) is -0.572. The predicted octanol–water partition coefficient (Wildman–Crippen LogP) is 5.40. The molecule has 1 N–H and O–H groups in total. The van der Waals surface area contributed by atoms with Gasteiger partial charge in [0.1, 0.15) is 12.4 Å². The lowest BCUT2D eigenvalue weighted by Gasteiger charge is -2.29. The van der Waals surface area contributed by atoms with Gasteiger partial charge in [-0.2, -0.15) is 0 Å². The summed E-state index contributed by atoms with van der Waals surface area (Å²) < 4.78 is 24.2. The summed E-state index contributed by atoms with van der Waals surface area (Å²) in [4.78, 5) is 24.9. The van der Waals surface area contributed by atoms with E-state index in [1.807, 2.05) is 18.2 Å². The molecule has 7 heteroatoms. The normalized spacial score (nSPS) is 18.4. The highest BCUT2D eigenvalue weighted by atomic mass is 19.1. The van der Waals surface area contributed by atoms with E-state index in [4.69, 9.17) is 14.6 Å². The molecule has 0 aromatic heterocycles. The monoisotopic (exact) mass is 429 g/mol. The van der Waals surface area contributed by atoms with Crippen LogP contribution in [-0.4, -0.2) is 37.0 Å². The van der Waals surface area contributed by atoms with Crippen molar-refractivity contribution in [3.63, 3.8) is 0 Å². The Morgan fingerprint density at radius 1 is 1.00 bits per heavy atom. The molecular formula is C24H28FNO5. The molecule has 1 saturated carbocycles. The van der Waals surface area contributed by atoms with Gasteiger partial charge in [-0.3, -0.25) is 0 Å². The molecule has 1 unspecified atom stereocenters. The number of amides is 1. The van der Waals surface area contributed by atoms with Crippen molar-refractivity contribution < 1.29 is 28.6 Å². The molecule has 3 rings (SSSR count). The first-order valence-electron chi connectivity index (χ1n) is 10.6. The molecule has 166 valence electrons. The minimum atomic E-state index is -0.955. The van der Waals surface area contributed by atoms with Gasteiger partial charge in [-0.05, 0) is 67.5 Å². The van der Waals surface area contributed by atoms with Crippen molar-refractivity contribution in [3.05, 3.63) is 60.4 Å². The maximum Gasteiger partial charge on any atom is 0.418 e. The highest BCUT2D eigenvalue weighted by Crippen LogP contribution is 2.32. The molecule has 2 aromatic rings. The van der Waals surface area contributed by atoms with Gasteiger partial charge < -0.3 is 14.6 Å². The second kappa shape index (κ2) is 11.5. The largest absolute Gasteiger partial charge is 0.480 e. The van der Waals surface area contributed by atoms with Crippen LogP contribution in [0.2, 0.25) is 0 Å². The number of carbonyl (C=O) groups excluding carboxylic acids is 1. The Morgan fingerprint density at radius 3 is 2.39 bits per heavy atom. The molecule has 6 nitrogen and oxygen atoms in total. The van der Waals surface area contributed by atoms with Gasteiger partial charge in [0, 0.05) is 0 Å². The van der Waals surface area contributed by atoms with Gasteiger partial charge in [0.2, 0.25) is 0 Å². The highest BCUT2D eigenvalue weighted by molar-refractivity contribution is 5.95.